The van der Waals surface area contributed by atoms with Crippen LogP contribution in [0.1, 0.15) is 49.7 Å². The Balaban J connectivity index is 1.50. The summed E-state index contributed by atoms with van der Waals surface area (Å²) in [5.41, 5.74) is 4.64. The van der Waals surface area contributed by atoms with E-state index >= 15 is 0 Å². The molecule has 3 rings (SSSR count). The number of allylic oxidation sites excluding steroid dienone is 1. The van der Waals surface area contributed by atoms with E-state index in [-0.39, 0.29) is 0 Å². The summed E-state index contributed by atoms with van der Waals surface area (Å²) in [5, 5.41) is 3.77. The van der Waals surface area contributed by atoms with E-state index in [1.807, 2.05) is 0 Å². The molecule has 0 saturated heterocycles. The van der Waals surface area contributed by atoms with Crippen molar-refractivity contribution < 1.29 is 4.74 Å². The van der Waals surface area contributed by atoms with Crippen LogP contribution in [-0.4, -0.2) is 19.7 Å². The predicted molar refractivity (Wildman–Crippen MR) is 88.0 cm³/mol. The minimum absolute atomic E-state index is 0.633. The van der Waals surface area contributed by atoms with Gasteiger partial charge in [-0.1, -0.05) is 17.7 Å². The predicted octanol–water partition coefficient (Wildman–Crippen LogP) is 4.03. The Labute approximate surface area is 128 Å². The van der Waals surface area contributed by atoms with Crippen molar-refractivity contribution in [2.75, 3.05) is 13.7 Å². The van der Waals surface area contributed by atoms with Gasteiger partial charge in [-0.15, -0.1) is 0 Å². The highest BCUT2D eigenvalue weighted by molar-refractivity contribution is 5.37. The topological polar surface area (TPSA) is 21.3 Å². The van der Waals surface area contributed by atoms with Crippen molar-refractivity contribution in [2.45, 2.75) is 57.4 Å². The second-order valence-corrected chi connectivity index (χ2v) is 6.39. The van der Waals surface area contributed by atoms with Crippen LogP contribution in [0, 0.1) is 0 Å². The maximum Gasteiger partial charge on any atom is 0.119 e. The van der Waals surface area contributed by atoms with Gasteiger partial charge in [-0.3, -0.25) is 0 Å². The third-order valence-electron chi connectivity index (χ3n) is 4.91. The molecular formula is C19H27NO. The Bertz CT molecular complexity index is 506. The Kier molecular flexibility index (Phi) is 4.97. The van der Waals surface area contributed by atoms with Crippen LogP contribution in [0.25, 0.3) is 0 Å². The van der Waals surface area contributed by atoms with Crippen molar-refractivity contribution in [3.63, 3.8) is 0 Å². The van der Waals surface area contributed by atoms with Crippen LogP contribution in [0.5, 0.6) is 5.75 Å². The quantitative estimate of drug-likeness (QED) is 0.825. The first-order chi connectivity index (χ1) is 10.3. The molecule has 114 valence electrons. The lowest BCUT2D eigenvalue weighted by atomic mass is 9.88. The highest BCUT2D eigenvalue weighted by Gasteiger charge is 2.18. The van der Waals surface area contributed by atoms with Crippen LogP contribution in [0.3, 0.4) is 0 Å². The van der Waals surface area contributed by atoms with Gasteiger partial charge in [-0.2, -0.15) is 0 Å². The van der Waals surface area contributed by atoms with Gasteiger partial charge in [-0.25, -0.2) is 0 Å². The number of methoxy groups -OCH3 is 1. The fourth-order valence-corrected chi connectivity index (χ4v) is 3.60. The zero-order valence-electron chi connectivity index (χ0n) is 13.2. The summed E-state index contributed by atoms with van der Waals surface area (Å²) >= 11 is 0. The molecule has 1 aromatic carbocycles. The second-order valence-electron chi connectivity index (χ2n) is 6.39. The average molecular weight is 285 g/mol. The Morgan fingerprint density at radius 2 is 2.14 bits per heavy atom. The minimum Gasteiger partial charge on any atom is -0.497 e. The Morgan fingerprint density at radius 3 is 2.95 bits per heavy atom. The largest absolute Gasteiger partial charge is 0.497 e. The highest BCUT2D eigenvalue weighted by atomic mass is 16.5. The van der Waals surface area contributed by atoms with Crippen LogP contribution >= 0.6 is 0 Å². The SMILES string of the molecule is COc1ccc2c(c1)CC(NCCC1=CCCCC1)CC2. The van der Waals surface area contributed by atoms with E-state index < -0.39 is 0 Å². The molecule has 21 heavy (non-hydrogen) atoms. The van der Waals surface area contributed by atoms with E-state index in [4.69, 9.17) is 4.74 Å². The molecule has 2 aliphatic carbocycles. The van der Waals surface area contributed by atoms with E-state index in [0.717, 1.165) is 18.7 Å². The van der Waals surface area contributed by atoms with E-state index in [1.165, 1.54) is 56.1 Å². The molecule has 0 aromatic heterocycles. The van der Waals surface area contributed by atoms with Crippen LogP contribution < -0.4 is 10.1 Å². The first-order valence-corrected chi connectivity index (χ1v) is 8.42. The fourth-order valence-electron chi connectivity index (χ4n) is 3.60. The highest BCUT2D eigenvalue weighted by Crippen LogP contribution is 2.26. The van der Waals surface area contributed by atoms with Crippen LogP contribution in [0.2, 0.25) is 0 Å². The third-order valence-corrected chi connectivity index (χ3v) is 4.91. The molecule has 1 N–H and O–H groups in total. The third kappa shape index (κ3) is 3.88. The molecular weight excluding hydrogens is 258 g/mol. The first kappa shape index (κ1) is 14.6. The van der Waals surface area contributed by atoms with E-state index in [9.17, 15) is 0 Å². The standard InChI is InChI=1S/C19H27NO/c1-21-19-10-8-16-7-9-18(13-17(16)14-19)20-12-11-15-5-3-2-4-6-15/h5,8,10,14,18,20H,2-4,6-7,9,11-13H2,1H3. The van der Waals surface area contributed by atoms with E-state index in [1.54, 1.807) is 12.7 Å². The number of hydrogen-bond acceptors (Lipinski definition) is 2. The molecule has 1 atom stereocenters. The summed E-state index contributed by atoms with van der Waals surface area (Å²) in [7, 11) is 1.75. The number of nitrogens with one attached hydrogen (secondary N) is 1. The molecule has 0 spiro atoms. The average Bonchev–Trinajstić information content (AvgIpc) is 2.55. The summed E-state index contributed by atoms with van der Waals surface area (Å²) in [4.78, 5) is 0. The summed E-state index contributed by atoms with van der Waals surface area (Å²) in [6, 6.07) is 7.17. The van der Waals surface area contributed by atoms with Crippen molar-refractivity contribution in [3.05, 3.63) is 41.0 Å². The van der Waals surface area contributed by atoms with Crippen molar-refractivity contribution in [1.82, 2.24) is 5.32 Å². The van der Waals surface area contributed by atoms with Gasteiger partial charge < -0.3 is 10.1 Å². The minimum atomic E-state index is 0.633. The monoisotopic (exact) mass is 285 g/mol. The molecule has 0 amide bonds. The van der Waals surface area contributed by atoms with Gasteiger partial charge in [-0.05, 0) is 81.2 Å². The van der Waals surface area contributed by atoms with Gasteiger partial charge in [0.1, 0.15) is 5.75 Å². The molecule has 0 bridgehead atoms. The zero-order valence-corrected chi connectivity index (χ0v) is 13.2. The van der Waals surface area contributed by atoms with Gasteiger partial charge in [0.2, 0.25) is 0 Å². The van der Waals surface area contributed by atoms with Gasteiger partial charge >= 0.3 is 0 Å². The molecule has 2 aliphatic rings. The van der Waals surface area contributed by atoms with Crippen LogP contribution in [-0.2, 0) is 12.8 Å². The van der Waals surface area contributed by atoms with Crippen molar-refractivity contribution in [2.24, 2.45) is 0 Å². The van der Waals surface area contributed by atoms with Crippen molar-refractivity contribution in [3.8, 4) is 5.75 Å². The Morgan fingerprint density at radius 1 is 1.19 bits per heavy atom. The van der Waals surface area contributed by atoms with Gasteiger partial charge in [0.15, 0.2) is 0 Å². The maximum absolute atomic E-state index is 5.35. The lowest BCUT2D eigenvalue weighted by molar-refractivity contribution is 0.411. The molecule has 0 radical (unpaired) electrons. The number of rotatable bonds is 5. The molecule has 0 saturated carbocycles. The second kappa shape index (κ2) is 7.13. The van der Waals surface area contributed by atoms with E-state index in [0.29, 0.717) is 6.04 Å². The fraction of sp³-hybridized carbons (Fsp3) is 0.579. The lowest BCUT2D eigenvalue weighted by Crippen LogP contribution is -2.35. The van der Waals surface area contributed by atoms with Crippen LogP contribution in [0.4, 0.5) is 0 Å². The van der Waals surface area contributed by atoms with Crippen molar-refractivity contribution in [1.29, 1.82) is 0 Å². The number of aryl methyl sites for hydroxylation is 1. The maximum atomic E-state index is 5.35. The number of fused-ring (bicyclic) bond motifs is 1. The van der Waals surface area contributed by atoms with Crippen molar-refractivity contribution >= 4 is 0 Å². The summed E-state index contributed by atoms with van der Waals surface area (Å²) in [6.45, 7) is 1.13. The van der Waals surface area contributed by atoms with E-state index in [2.05, 4.69) is 29.6 Å². The summed E-state index contributed by atoms with van der Waals surface area (Å²) in [6.07, 6.45) is 12.7. The van der Waals surface area contributed by atoms with Gasteiger partial charge in [0, 0.05) is 6.04 Å². The zero-order chi connectivity index (χ0) is 14.5. The molecule has 2 nitrogen and oxygen atoms in total. The smallest absolute Gasteiger partial charge is 0.119 e. The molecule has 0 heterocycles. The van der Waals surface area contributed by atoms with Crippen LogP contribution in [0.15, 0.2) is 29.8 Å². The first-order valence-electron chi connectivity index (χ1n) is 8.42. The normalized spacial score (nSPS) is 21.6. The number of ether oxygens (including phenoxy) is 1. The molecule has 2 heteroatoms. The van der Waals surface area contributed by atoms with Gasteiger partial charge in [0.25, 0.3) is 0 Å². The molecule has 0 fully saturated rings. The lowest BCUT2D eigenvalue weighted by Gasteiger charge is -2.26. The summed E-state index contributed by atoms with van der Waals surface area (Å²) in [5.74, 6) is 0.988. The molecule has 0 aliphatic heterocycles. The number of benzene rings is 1. The van der Waals surface area contributed by atoms with Gasteiger partial charge in [0.05, 0.1) is 7.11 Å². The molecule has 1 aromatic rings. The Hall–Kier alpha value is -1.28. The molecule has 1 unspecified atom stereocenters. The summed E-state index contributed by atoms with van der Waals surface area (Å²) < 4.78 is 5.35. The number of hydrogen-bond donors (Lipinski definition) is 1.